The van der Waals surface area contributed by atoms with Crippen LogP contribution in [0.5, 0.6) is 0 Å². The van der Waals surface area contributed by atoms with Crippen LogP contribution >= 0.6 is 11.6 Å². The molecule has 2 aromatic rings. The van der Waals surface area contributed by atoms with Crippen LogP contribution in [0.15, 0.2) is 36.5 Å². The number of alkyl halides is 6. The van der Waals surface area contributed by atoms with Crippen molar-refractivity contribution in [2.24, 2.45) is 0 Å². The maximum absolute atomic E-state index is 12.9. The SMILES string of the molecule is FC(F)(F)c1cccc(-c2c(C(F)(F)F)ccnc2Cl)c1. The van der Waals surface area contributed by atoms with E-state index in [9.17, 15) is 26.3 Å². The lowest BCUT2D eigenvalue weighted by atomic mass is 9.99. The summed E-state index contributed by atoms with van der Waals surface area (Å²) in [5.41, 5.74) is -3.07. The minimum absolute atomic E-state index is 0.296. The fraction of sp³-hybridized carbons (Fsp3) is 0.154. The molecule has 1 aromatic carbocycles. The number of halogens is 7. The molecule has 0 amide bonds. The minimum Gasteiger partial charge on any atom is -0.244 e. The molecule has 21 heavy (non-hydrogen) atoms. The zero-order chi connectivity index (χ0) is 15.8. The Morgan fingerprint density at radius 1 is 0.905 bits per heavy atom. The van der Waals surface area contributed by atoms with Gasteiger partial charge in [0.05, 0.1) is 11.1 Å². The van der Waals surface area contributed by atoms with E-state index >= 15 is 0 Å². The van der Waals surface area contributed by atoms with Crippen molar-refractivity contribution in [2.45, 2.75) is 12.4 Å². The molecule has 0 bridgehead atoms. The molecule has 1 nitrogen and oxygen atoms in total. The average molecular weight is 326 g/mol. The molecular weight excluding hydrogens is 320 g/mol. The summed E-state index contributed by atoms with van der Waals surface area (Å²) in [4.78, 5) is 3.51. The quantitative estimate of drug-likeness (QED) is 0.502. The monoisotopic (exact) mass is 325 g/mol. The van der Waals surface area contributed by atoms with Crippen LogP contribution in [0, 0.1) is 0 Å². The van der Waals surface area contributed by atoms with Crippen LogP contribution in [0.1, 0.15) is 11.1 Å². The second kappa shape index (κ2) is 5.22. The Labute approximate surface area is 120 Å². The summed E-state index contributed by atoms with van der Waals surface area (Å²) in [5.74, 6) is 0. The summed E-state index contributed by atoms with van der Waals surface area (Å²) in [6.45, 7) is 0. The zero-order valence-corrected chi connectivity index (χ0v) is 10.8. The number of rotatable bonds is 1. The van der Waals surface area contributed by atoms with Crippen molar-refractivity contribution in [1.82, 2.24) is 4.98 Å². The Morgan fingerprint density at radius 3 is 2.14 bits per heavy atom. The molecule has 2 rings (SSSR count). The third-order valence-corrected chi connectivity index (χ3v) is 2.98. The van der Waals surface area contributed by atoms with Crippen LogP contribution in [0.25, 0.3) is 11.1 Å². The van der Waals surface area contributed by atoms with E-state index in [1.54, 1.807) is 0 Å². The molecule has 0 N–H and O–H groups in total. The van der Waals surface area contributed by atoms with Crippen LogP contribution in [-0.4, -0.2) is 4.98 Å². The van der Waals surface area contributed by atoms with Crippen LogP contribution in [0.2, 0.25) is 5.15 Å². The molecular formula is C13H6ClF6N. The zero-order valence-electron chi connectivity index (χ0n) is 10.1. The first-order chi connectivity index (χ1) is 9.60. The molecule has 0 saturated carbocycles. The summed E-state index contributed by atoms with van der Waals surface area (Å²) >= 11 is 5.64. The summed E-state index contributed by atoms with van der Waals surface area (Å²) in [6.07, 6.45) is -8.57. The van der Waals surface area contributed by atoms with Crippen molar-refractivity contribution in [1.29, 1.82) is 0 Å². The average Bonchev–Trinajstić information content (AvgIpc) is 2.36. The van der Waals surface area contributed by atoms with E-state index in [2.05, 4.69) is 4.98 Å². The van der Waals surface area contributed by atoms with Gasteiger partial charge in [0, 0.05) is 11.8 Å². The molecule has 8 heteroatoms. The highest BCUT2D eigenvalue weighted by molar-refractivity contribution is 6.32. The van der Waals surface area contributed by atoms with Crippen LogP contribution < -0.4 is 0 Å². The van der Waals surface area contributed by atoms with Crippen LogP contribution in [0.4, 0.5) is 26.3 Å². The van der Waals surface area contributed by atoms with E-state index < -0.39 is 34.2 Å². The highest BCUT2D eigenvalue weighted by Crippen LogP contribution is 2.41. The molecule has 0 spiro atoms. The van der Waals surface area contributed by atoms with Gasteiger partial charge in [0.2, 0.25) is 0 Å². The normalized spacial score (nSPS) is 12.5. The van der Waals surface area contributed by atoms with Gasteiger partial charge in [0.25, 0.3) is 0 Å². The van der Waals surface area contributed by atoms with E-state index in [0.717, 1.165) is 24.4 Å². The second-order valence-electron chi connectivity index (χ2n) is 4.10. The van der Waals surface area contributed by atoms with Crippen LogP contribution in [-0.2, 0) is 12.4 Å². The lowest BCUT2D eigenvalue weighted by Gasteiger charge is -2.15. The maximum atomic E-state index is 12.9. The Morgan fingerprint density at radius 2 is 1.57 bits per heavy atom. The number of pyridine rings is 1. The van der Waals surface area contributed by atoms with Crippen molar-refractivity contribution in [2.75, 3.05) is 0 Å². The predicted molar refractivity (Wildman–Crippen MR) is 64.7 cm³/mol. The molecule has 1 aromatic heterocycles. The van der Waals surface area contributed by atoms with Gasteiger partial charge in [0.15, 0.2) is 0 Å². The summed E-state index contributed by atoms with van der Waals surface area (Å²) in [7, 11) is 0. The van der Waals surface area contributed by atoms with E-state index in [1.807, 2.05) is 0 Å². The van der Waals surface area contributed by atoms with E-state index in [-0.39, 0.29) is 5.56 Å². The van der Waals surface area contributed by atoms with E-state index in [0.29, 0.717) is 12.1 Å². The Hall–Kier alpha value is -1.76. The van der Waals surface area contributed by atoms with Gasteiger partial charge in [-0.1, -0.05) is 23.7 Å². The molecule has 112 valence electrons. The molecule has 0 radical (unpaired) electrons. The topological polar surface area (TPSA) is 12.9 Å². The van der Waals surface area contributed by atoms with Crippen molar-refractivity contribution >= 4 is 11.6 Å². The molecule has 0 aliphatic carbocycles. The fourth-order valence-electron chi connectivity index (χ4n) is 1.80. The number of hydrogen-bond acceptors (Lipinski definition) is 1. The highest BCUT2D eigenvalue weighted by Gasteiger charge is 2.36. The number of aromatic nitrogens is 1. The molecule has 0 unspecified atom stereocenters. The van der Waals surface area contributed by atoms with Gasteiger partial charge in [0.1, 0.15) is 5.15 Å². The number of hydrogen-bond donors (Lipinski definition) is 0. The van der Waals surface area contributed by atoms with Crippen molar-refractivity contribution in [3.63, 3.8) is 0 Å². The molecule has 1 heterocycles. The lowest BCUT2D eigenvalue weighted by molar-refractivity contribution is -0.137. The molecule has 0 atom stereocenters. The second-order valence-corrected chi connectivity index (χ2v) is 4.46. The summed E-state index contributed by atoms with van der Waals surface area (Å²) < 4.78 is 76.8. The van der Waals surface area contributed by atoms with Gasteiger partial charge in [-0.2, -0.15) is 26.3 Å². The third-order valence-electron chi connectivity index (χ3n) is 2.69. The van der Waals surface area contributed by atoms with E-state index in [1.165, 1.54) is 0 Å². The Kier molecular flexibility index (Phi) is 3.88. The van der Waals surface area contributed by atoms with Gasteiger partial charge in [-0.3, -0.25) is 0 Å². The summed E-state index contributed by atoms with van der Waals surface area (Å²) in [5, 5.41) is -0.510. The first kappa shape index (κ1) is 15.6. The Bertz CT molecular complexity index is 662. The van der Waals surface area contributed by atoms with Gasteiger partial charge in [-0.05, 0) is 23.8 Å². The fourth-order valence-corrected chi connectivity index (χ4v) is 2.07. The van der Waals surface area contributed by atoms with Gasteiger partial charge < -0.3 is 0 Å². The third kappa shape index (κ3) is 3.29. The van der Waals surface area contributed by atoms with Gasteiger partial charge in [-0.25, -0.2) is 4.98 Å². The molecule has 0 fully saturated rings. The van der Waals surface area contributed by atoms with Gasteiger partial charge in [-0.15, -0.1) is 0 Å². The molecule has 0 aliphatic rings. The largest absolute Gasteiger partial charge is 0.417 e. The first-order valence-electron chi connectivity index (χ1n) is 5.50. The van der Waals surface area contributed by atoms with Crippen molar-refractivity contribution < 1.29 is 26.3 Å². The molecule has 0 saturated heterocycles. The predicted octanol–water partition coefficient (Wildman–Crippen LogP) is 5.44. The lowest BCUT2D eigenvalue weighted by Crippen LogP contribution is -2.09. The minimum atomic E-state index is -4.75. The van der Waals surface area contributed by atoms with Crippen molar-refractivity contribution in [3.05, 3.63) is 52.8 Å². The highest BCUT2D eigenvalue weighted by atomic mass is 35.5. The maximum Gasteiger partial charge on any atom is 0.417 e. The Balaban J connectivity index is 2.68. The first-order valence-corrected chi connectivity index (χ1v) is 5.88. The van der Waals surface area contributed by atoms with Crippen molar-refractivity contribution in [3.8, 4) is 11.1 Å². The molecule has 0 aliphatic heterocycles. The summed E-state index contributed by atoms with van der Waals surface area (Å²) in [6, 6.07) is 4.18. The van der Waals surface area contributed by atoms with Gasteiger partial charge >= 0.3 is 12.4 Å². The van der Waals surface area contributed by atoms with Crippen LogP contribution in [0.3, 0.4) is 0 Å². The smallest absolute Gasteiger partial charge is 0.244 e. The van der Waals surface area contributed by atoms with E-state index in [4.69, 9.17) is 11.6 Å². The number of nitrogens with zero attached hydrogens (tertiary/aromatic N) is 1. The standard InChI is InChI=1S/C13H6ClF6N/c14-11-10(9(4-5-21-11)13(18,19)20)7-2-1-3-8(6-7)12(15,16)17/h1-6H. The number of benzene rings is 1.